The van der Waals surface area contributed by atoms with Gasteiger partial charge in [-0.25, -0.2) is 0 Å². The molecule has 1 amide bonds. The quantitative estimate of drug-likeness (QED) is 0.853. The number of para-hydroxylation sites is 2. The van der Waals surface area contributed by atoms with E-state index in [-0.39, 0.29) is 25.0 Å². The van der Waals surface area contributed by atoms with Gasteiger partial charge < -0.3 is 19.2 Å². The van der Waals surface area contributed by atoms with Crippen molar-refractivity contribution in [3.63, 3.8) is 0 Å². The Morgan fingerprint density at radius 1 is 1.23 bits per heavy atom. The molecule has 0 fully saturated rings. The van der Waals surface area contributed by atoms with Gasteiger partial charge in [0.05, 0.1) is 26.2 Å². The standard InChI is InChI=1S/C17H21NO4/c1-12-8-9-14(22-12)13(2)18-17(19)10-11-21-16-7-5-4-6-15(16)20-3/h4-9,13H,10-11H2,1-3H3,(H,18,19). The van der Waals surface area contributed by atoms with Crippen LogP contribution in [-0.2, 0) is 4.79 Å². The van der Waals surface area contributed by atoms with Crippen molar-refractivity contribution >= 4 is 5.91 Å². The number of furan rings is 1. The molecule has 0 saturated heterocycles. The fourth-order valence-electron chi connectivity index (χ4n) is 2.06. The molecule has 1 atom stereocenters. The van der Waals surface area contributed by atoms with Gasteiger partial charge in [0.2, 0.25) is 5.91 Å². The van der Waals surface area contributed by atoms with Crippen LogP contribution in [0.5, 0.6) is 11.5 Å². The average Bonchev–Trinajstić information content (AvgIpc) is 2.94. The van der Waals surface area contributed by atoms with Crippen LogP contribution in [0.15, 0.2) is 40.8 Å². The van der Waals surface area contributed by atoms with E-state index in [1.807, 2.05) is 50.2 Å². The minimum atomic E-state index is -0.160. The summed E-state index contributed by atoms with van der Waals surface area (Å²) in [6, 6.07) is 10.9. The van der Waals surface area contributed by atoms with E-state index in [1.165, 1.54) is 0 Å². The van der Waals surface area contributed by atoms with Crippen LogP contribution in [0, 0.1) is 6.92 Å². The molecule has 22 heavy (non-hydrogen) atoms. The Bertz CT molecular complexity index is 621. The Morgan fingerprint density at radius 2 is 1.95 bits per heavy atom. The number of nitrogens with one attached hydrogen (secondary N) is 1. The Balaban J connectivity index is 1.78. The maximum atomic E-state index is 11.9. The number of hydrogen-bond acceptors (Lipinski definition) is 4. The second kappa shape index (κ2) is 7.54. The lowest BCUT2D eigenvalue weighted by Gasteiger charge is -2.13. The molecule has 1 heterocycles. The molecule has 0 radical (unpaired) electrons. The van der Waals surface area contributed by atoms with Crippen molar-refractivity contribution in [3.05, 3.63) is 47.9 Å². The lowest BCUT2D eigenvalue weighted by Crippen LogP contribution is -2.27. The van der Waals surface area contributed by atoms with Gasteiger partial charge in [0.15, 0.2) is 11.5 Å². The molecule has 1 aromatic heterocycles. The van der Waals surface area contributed by atoms with Crippen LogP contribution in [0.25, 0.3) is 0 Å². The first-order chi connectivity index (χ1) is 10.6. The van der Waals surface area contributed by atoms with Gasteiger partial charge in [-0.2, -0.15) is 0 Å². The monoisotopic (exact) mass is 303 g/mol. The molecular formula is C17H21NO4. The van der Waals surface area contributed by atoms with E-state index in [0.717, 1.165) is 11.5 Å². The highest BCUT2D eigenvalue weighted by Crippen LogP contribution is 2.25. The van der Waals surface area contributed by atoms with Crippen molar-refractivity contribution < 1.29 is 18.7 Å². The largest absolute Gasteiger partial charge is 0.493 e. The zero-order valence-electron chi connectivity index (χ0n) is 13.1. The molecule has 0 aliphatic carbocycles. The van der Waals surface area contributed by atoms with Gasteiger partial charge in [0, 0.05) is 0 Å². The van der Waals surface area contributed by atoms with E-state index in [0.29, 0.717) is 11.5 Å². The van der Waals surface area contributed by atoms with Gasteiger partial charge in [-0.15, -0.1) is 0 Å². The molecule has 0 aliphatic heterocycles. The summed E-state index contributed by atoms with van der Waals surface area (Å²) < 4.78 is 16.3. The van der Waals surface area contributed by atoms with E-state index >= 15 is 0 Å². The minimum absolute atomic E-state index is 0.0866. The van der Waals surface area contributed by atoms with E-state index in [4.69, 9.17) is 13.9 Å². The van der Waals surface area contributed by atoms with Gasteiger partial charge >= 0.3 is 0 Å². The van der Waals surface area contributed by atoms with Crippen LogP contribution in [0.2, 0.25) is 0 Å². The highest BCUT2D eigenvalue weighted by atomic mass is 16.5. The van der Waals surface area contributed by atoms with Crippen LogP contribution in [0.4, 0.5) is 0 Å². The SMILES string of the molecule is COc1ccccc1OCCC(=O)NC(C)c1ccc(C)o1. The van der Waals surface area contributed by atoms with Crippen molar-refractivity contribution in [3.8, 4) is 11.5 Å². The predicted molar refractivity (Wildman–Crippen MR) is 83.1 cm³/mol. The first-order valence-corrected chi connectivity index (χ1v) is 7.21. The fraction of sp³-hybridized carbons (Fsp3) is 0.353. The van der Waals surface area contributed by atoms with Crippen molar-refractivity contribution in [2.75, 3.05) is 13.7 Å². The topological polar surface area (TPSA) is 60.7 Å². The van der Waals surface area contributed by atoms with Crippen LogP contribution in [0.1, 0.15) is 30.9 Å². The number of aryl methyl sites for hydroxylation is 1. The molecule has 0 saturated carbocycles. The van der Waals surface area contributed by atoms with Gasteiger partial charge in [0.1, 0.15) is 11.5 Å². The smallest absolute Gasteiger partial charge is 0.224 e. The van der Waals surface area contributed by atoms with Crippen molar-refractivity contribution in [1.29, 1.82) is 0 Å². The summed E-state index contributed by atoms with van der Waals surface area (Å²) in [5, 5.41) is 2.88. The molecule has 0 bridgehead atoms. The molecule has 1 unspecified atom stereocenters. The molecular weight excluding hydrogens is 282 g/mol. The van der Waals surface area contributed by atoms with Crippen molar-refractivity contribution in [2.24, 2.45) is 0 Å². The number of ether oxygens (including phenoxy) is 2. The van der Waals surface area contributed by atoms with Crippen LogP contribution < -0.4 is 14.8 Å². The second-order valence-electron chi connectivity index (χ2n) is 4.99. The second-order valence-corrected chi connectivity index (χ2v) is 4.99. The Kier molecular flexibility index (Phi) is 5.47. The summed E-state index contributed by atoms with van der Waals surface area (Å²) in [6.07, 6.45) is 0.266. The third kappa shape index (κ3) is 4.28. The molecule has 0 aliphatic rings. The zero-order chi connectivity index (χ0) is 15.9. The van der Waals surface area contributed by atoms with E-state index in [9.17, 15) is 4.79 Å². The third-order valence-electron chi connectivity index (χ3n) is 3.22. The number of amides is 1. The van der Waals surface area contributed by atoms with Crippen LogP contribution >= 0.6 is 0 Å². The minimum Gasteiger partial charge on any atom is -0.493 e. The van der Waals surface area contributed by atoms with Gasteiger partial charge in [-0.1, -0.05) is 12.1 Å². The normalized spacial score (nSPS) is 11.8. The predicted octanol–water partition coefficient (Wildman–Crippen LogP) is 3.24. The highest BCUT2D eigenvalue weighted by Gasteiger charge is 2.13. The zero-order valence-corrected chi connectivity index (χ0v) is 13.1. The molecule has 0 spiro atoms. The summed E-state index contributed by atoms with van der Waals surface area (Å²) in [6.45, 7) is 4.05. The lowest BCUT2D eigenvalue weighted by molar-refractivity contribution is -0.122. The first kappa shape index (κ1) is 15.9. The van der Waals surface area contributed by atoms with Gasteiger partial charge in [-0.05, 0) is 38.1 Å². The molecule has 2 aromatic rings. The molecule has 5 nitrogen and oxygen atoms in total. The molecule has 5 heteroatoms. The van der Waals surface area contributed by atoms with E-state index in [1.54, 1.807) is 7.11 Å². The van der Waals surface area contributed by atoms with Crippen molar-refractivity contribution in [2.45, 2.75) is 26.3 Å². The number of carbonyl (C=O) groups excluding carboxylic acids is 1. The third-order valence-corrected chi connectivity index (χ3v) is 3.22. The van der Waals surface area contributed by atoms with E-state index < -0.39 is 0 Å². The Hall–Kier alpha value is -2.43. The number of benzene rings is 1. The number of hydrogen-bond donors (Lipinski definition) is 1. The average molecular weight is 303 g/mol. The summed E-state index contributed by atoms with van der Waals surface area (Å²) in [5.41, 5.74) is 0. The molecule has 118 valence electrons. The first-order valence-electron chi connectivity index (χ1n) is 7.21. The molecule has 2 rings (SSSR count). The Labute approximate surface area is 130 Å². The number of carbonyl (C=O) groups is 1. The summed E-state index contributed by atoms with van der Waals surface area (Å²) in [5.74, 6) is 2.78. The lowest BCUT2D eigenvalue weighted by atomic mass is 10.2. The highest BCUT2D eigenvalue weighted by molar-refractivity contribution is 5.76. The number of methoxy groups -OCH3 is 1. The van der Waals surface area contributed by atoms with Crippen molar-refractivity contribution in [1.82, 2.24) is 5.32 Å². The maximum Gasteiger partial charge on any atom is 0.224 e. The summed E-state index contributed by atoms with van der Waals surface area (Å²) in [7, 11) is 1.59. The van der Waals surface area contributed by atoms with Gasteiger partial charge in [0.25, 0.3) is 0 Å². The molecule has 1 N–H and O–H groups in total. The van der Waals surface area contributed by atoms with E-state index in [2.05, 4.69) is 5.32 Å². The summed E-state index contributed by atoms with van der Waals surface area (Å²) in [4.78, 5) is 11.9. The molecule has 1 aromatic carbocycles. The van der Waals surface area contributed by atoms with Crippen LogP contribution in [-0.4, -0.2) is 19.6 Å². The number of rotatable bonds is 7. The Morgan fingerprint density at radius 3 is 2.59 bits per heavy atom. The maximum absolute atomic E-state index is 11.9. The van der Waals surface area contributed by atoms with Gasteiger partial charge in [-0.3, -0.25) is 4.79 Å². The van der Waals surface area contributed by atoms with Crippen LogP contribution in [0.3, 0.4) is 0 Å². The fourth-order valence-corrected chi connectivity index (χ4v) is 2.06. The summed E-state index contributed by atoms with van der Waals surface area (Å²) >= 11 is 0.